The first kappa shape index (κ1) is 8.97. The molecule has 0 saturated carbocycles. The number of hydrogen-bond acceptors (Lipinski definition) is 3. The smallest absolute Gasteiger partial charge is 0.123 e. The summed E-state index contributed by atoms with van der Waals surface area (Å²) in [4.78, 5) is 6.51. The van der Waals surface area contributed by atoms with Gasteiger partial charge in [0, 0.05) is 6.54 Å². The van der Waals surface area contributed by atoms with E-state index >= 15 is 0 Å². The fourth-order valence-electron chi connectivity index (χ4n) is 2.39. The van der Waals surface area contributed by atoms with E-state index in [1.165, 1.54) is 0 Å². The number of aliphatic imine (C=N–C) groups is 1. The molecule has 13 heavy (non-hydrogen) atoms. The predicted molar refractivity (Wildman–Crippen MR) is 49.7 cm³/mol. The highest BCUT2D eigenvalue weighted by Gasteiger charge is 2.56. The summed E-state index contributed by atoms with van der Waals surface area (Å²) in [5.41, 5.74) is -0.890. The highest BCUT2D eigenvalue weighted by molar-refractivity contribution is 5.94. The zero-order valence-electron chi connectivity index (χ0n) is 8.66. The van der Waals surface area contributed by atoms with Gasteiger partial charge in [0.1, 0.15) is 17.0 Å². The van der Waals surface area contributed by atoms with Crippen molar-refractivity contribution in [3.8, 4) is 0 Å². The minimum atomic E-state index is -0.458. The van der Waals surface area contributed by atoms with E-state index in [2.05, 4.69) is 9.89 Å². The molecule has 1 saturated heterocycles. The van der Waals surface area contributed by atoms with Crippen LogP contribution < -0.4 is 0 Å². The van der Waals surface area contributed by atoms with E-state index in [0.29, 0.717) is 0 Å². The Kier molecular flexibility index (Phi) is 1.55. The Labute approximate surface area is 78.8 Å². The van der Waals surface area contributed by atoms with E-state index in [4.69, 9.17) is 0 Å². The van der Waals surface area contributed by atoms with Crippen molar-refractivity contribution in [2.45, 2.75) is 38.9 Å². The van der Waals surface area contributed by atoms with Crippen molar-refractivity contribution in [1.29, 1.82) is 0 Å². The first-order valence-electron chi connectivity index (χ1n) is 4.68. The molecule has 0 aliphatic carbocycles. The van der Waals surface area contributed by atoms with Gasteiger partial charge in [0.15, 0.2) is 0 Å². The molecule has 2 heterocycles. The van der Waals surface area contributed by atoms with Crippen LogP contribution in [-0.2, 0) is 5.21 Å². The molecule has 0 unspecified atom stereocenters. The van der Waals surface area contributed by atoms with Gasteiger partial charge >= 0.3 is 0 Å². The summed E-state index contributed by atoms with van der Waals surface area (Å²) in [7, 11) is 0. The van der Waals surface area contributed by atoms with Crippen molar-refractivity contribution in [3.05, 3.63) is 0 Å². The molecule has 0 N–H and O–H groups in total. The third kappa shape index (κ3) is 0.901. The van der Waals surface area contributed by atoms with Crippen molar-refractivity contribution in [2.24, 2.45) is 4.99 Å². The lowest BCUT2D eigenvalue weighted by molar-refractivity contribution is -0.257. The van der Waals surface area contributed by atoms with Crippen molar-refractivity contribution < 1.29 is 5.21 Å². The Morgan fingerprint density at radius 2 is 1.92 bits per heavy atom. The lowest BCUT2D eigenvalue weighted by Gasteiger charge is -2.33. The van der Waals surface area contributed by atoms with Crippen LogP contribution in [0.4, 0.5) is 0 Å². The summed E-state index contributed by atoms with van der Waals surface area (Å²) in [6.07, 6.45) is 0. The van der Waals surface area contributed by atoms with Gasteiger partial charge in [0.25, 0.3) is 0 Å². The van der Waals surface area contributed by atoms with Gasteiger partial charge in [-0.15, -0.1) is 10.3 Å². The molecule has 2 aliphatic rings. The SMILES string of the molecule is CC1(C)C2=NCCN2C(C)(C)N1[O]. The van der Waals surface area contributed by atoms with E-state index in [9.17, 15) is 5.21 Å². The Hall–Kier alpha value is -0.610. The minimum absolute atomic E-state index is 0.432. The van der Waals surface area contributed by atoms with Crippen molar-refractivity contribution in [2.75, 3.05) is 13.1 Å². The molecule has 4 heteroatoms. The first-order valence-corrected chi connectivity index (χ1v) is 4.68. The van der Waals surface area contributed by atoms with Gasteiger partial charge < -0.3 is 4.90 Å². The second-order valence-electron chi connectivity index (χ2n) is 4.70. The standard InChI is InChI=1S/C9H16N3O/c1-8(2)7-10-5-6-11(7)9(3,4)12(8)13/h5-6H2,1-4H3. The van der Waals surface area contributed by atoms with Crippen LogP contribution in [0.2, 0.25) is 0 Å². The van der Waals surface area contributed by atoms with Gasteiger partial charge in [0.2, 0.25) is 0 Å². The number of hydrogen-bond donors (Lipinski definition) is 0. The summed E-state index contributed by atoms with van der Waals surface area (Å²) in [5, 5.41) is 13.1. The maximum atomic E-state index is 12.0. The van der Waals surface area contributed by atoms with E-state index in [-0.39, 0.29) is 0 Å². The van der Waals surface area contributed by atoms with Crippen molar-refractivity contribution in [1.82, 2.24) is 9.96 Å². The molecule has 4 nitrogen and oxygen atoms in total. The highest BCUT2D eigenvalue weighted by Crippen LogP contribution is 2.39. The van der Waals surface area contributed by atoms with Crippen LogP contribution in [0.15, 0.2) is 4.99 Å². The van der Waals surface area contributed by atoms with Gasteiger partial charge in [-0.2, -0.15) is 0 Å². The molecule has 2 aliphatic heterocycles. The van der Waals surface area contributed by atoms with Crippen LogP contribution in [0.5, 0.6) is 0 Å². The number of hydroxylamine groups is 2. The zero-order chi connectivity index (χ0) is 9.85. The molecule has 0 aromatic carbocycles. The maximum Gasteiger partial charge on any atom is 0.123 e. The molecule has 0 spiro atoms. The zero-order valence-corrected chi connectivity index (χ0v) is 8.66. The second-order valence-corrected chi connectivity index (χ2v) is 4.70. The van der Waals surface area contributed by atoms with Crippen LogP contribution in [0.25, 0.3) is 0 Å². The van der Waals surface area contributed by atoms with Gasteiger partial charge in [-0.25, -0.2) is 0 Å². The Morgan fingerprint density at radius 1 is 1.31 bits per heavy atom. The largest absolute Gasteiger partial charge is 0.337 e. The van der Waals surface area contributed by atoms with E-state index in [1.54, 1.807) is 0 Å². The van der Waals surface area contributed by atoms with Crippen LogP contribution >= 0.6 is 0 Å². The molecular weight excluding hydrogens is 166 g/mol. The van der Waals surface area contributed by atoms with Gasteiger partial charge in [-0.05, 0) is 27.7 Å². The van der Waals surface area contributed by atoms with Crippen LogP contribution in [0.1, 0.15) is 27.7 Å². The molecule has 0 aromatic heterocycles. The molecule has 0 atom stereocenters. The molecule has 1 radical (unpaired) electrons. The average Bonchev–Trinajstić information content (AvgIpc) is 2.54. The molecular formula is C9H16N3O. The maximum absolute atomic E-state index is 12.0. The van der Waals surface area contributed by atoms with Crippen LogP contribution in [0, 0.1) is 0 Å². The van der Waals surface area contributed by atoms with Gasteiger partial charge in [-0.3, -0.25) is 4.99 Å². The molecule has 0 aromatic rings. The Bertz CT molecular complexity index is 270. The van der Waals surface area contributed by atoms with Crippen LogP contribution in [-0.4, -0.2) is 40.1 Å². The van der Waals surface area contributed by atoms with E-state index in [0.717, 1.165) is 24.0 Å². The summed E-state index contributed by atoms with van der Waals surface area (Å²) in [5.74, 6) is 0.951. The summed E-state index contributed by atoms with van der Waals surface area (Å²) < 4.78 is 0. The van der Waals surface area contributed by atoms with Gasteiger partial charge in [-0.1, -0.05) is 0 Å². The minimum Gasteiger partial charge on any atom is -0.337 e. The summed E-state index contributed by atoms with van der Waals surface area (Å²) in [6.45, 7) is 9.49. The second kappa shape index (κ2) is 2.25. The molecule has 0 bridgehead atoms. The van der Waals surface area contributed by atoms with Crippen molar-refractivity contribution in [3.63, 3.8) is 0 Å². The fourth-order valence-corrected chi connectivity index (χ4v) is 2.39. The third-order valence-corrected chi connectivity index (χ3v) is 3.05. The molecule has 0 amide bonds. The van der Waals surface area contributed by atoms with E-state index in [1.807, 2.05) is 27.7 Å². The number of nitrogens with zero attached hydrogens (tertiary/aromatic N) is 3. The normalized spacial score (nSPS) is 30.5. The van der Waals surface area contributed by atoms with Crippen molar-refractivity contribution >= 4 is 5.84 Å². The monoisotopic (exact) mass is 182 g/mol. The first-order chi connectivity index (χ1) is 5.88. The lowest BCUT2D eigenvalue weighted by Crippen LogP contribution is -2.49. The fraction of sp³-hybridized carbons (Fsp3) is 0.889. The summed E-state index contributed by atoms with van der Waals surface area (Å²) in [6, 6.07) is 0. The highest BCUT2D eigenvalue weighted by atomic mass is 16.5. The number of rotatable bonds is 0. The Balaban J connectivity index is 2.47. The summed E-state index contributed by atoms with van der Waals surface area (Å²) >= 11 is 0. The molecule has 2 rings (SSSR count). The molecule has 73 valence electrons. The predicted octanol–water partition coefficient (Wildman–Crippen LogP) is 0.876. The third-order valence-electron chi connectivity index (χ3n) is 3.05. The average molecular weight is 182 g/mol. The molecule has 1 fully saturated rings. The lowest BCUT2D eigenvalue weighted by atomic mass is 10.1. The number of fused-ring (bicyclic) bond motifs is 1. The topological polar surface area (TPSA) is 38.7 Å². The van der Waals surface area contributed by atoms with Gasteiger partial charge in [0.05, 0.1) is 6.54 Å². The van der Waals surface area contributed by atoms with Crippen LogP contribution in [0.3, 0.4) is 0 Å². The Morgan fingerprint density at radius 3 is 2.46 bits per heavy atom. The quantitative estimate of drug-likeness (QED) is 0.557. The number of amidine groups is 1. The van der Waals surface area contributed by atoms with E-state index < -0.39 is 11.2 Å².